The minimum atomic E-state index is -1.48. The van der Waals surface area contributed by atoms with E-state index in [1.165, 1.54) is 18.3 Å². The molecule has 0 bridgehead atoms. The van der Waals surface area contributed by atoms with Gasteiger partial charge >= 0.3 is 0 Å². The number of guanidine groups is 1. The van der Waals surface area contributed by atoms with Gasteiger partial charge in [0.25, 0.3) is 5.91 Å². The maximum atomic E-state index is 12.3. The van der Waals surface area contributed by atoms with Crippen molar-refractivity contribution < 1.29 is 29.6 Å². The number of rotatable bonds is 4. The van der Waals surface area contributed by atoms with Gasteiger partial charge in [0.1, 0.15) is 18.3 Å². The lowest BCUT2D eigenvalue weighted by Crippen LogP contribution is -2.62. The molecule has 3 aliphatic rings. The fraction of sp³-hybridized carbons (Fsp3) is 0.667. The Balaban J connectivity index is 1.95. The van der Waals surface area contributed by atoms with Crippen LogP contribution in [0.4, 0.5) is 0 Å². The second-order valence-electron chi connectivity index (χ2n) is 5.41. The maximum absolute atomic E-state index is 12.3. The summed E-state index contributed by atoms with van der Waals surface area (Å²) in [7, 11) is 1.39. The number of carbonyl (C=O) groups is 1. The van der Waals surface area contributed by atoms with E-state index in [0.717, 1.165) is 0 Å². The number of hydrogen-bond acceptors (Lipinski definition) is 9. The first-order valence-corrected chi connectivity index (χ1v) is 6.89. The number of methoxy groups -OCH3 is 1. The van der Waals surface area contributed by atoms with Gasteiger partial charge in [-0.05, 0) is 0 Å². The molecule has 23 heavy (non-hydrogen) atoms. The van der Waals surface area contributed by atoms with E-state index in [4.69, 9.17) is 20.0 Å². The molecule has 1 fully saturated rings. The first-order chi connectivity index (χ1) is 10.9. The fourth-order valence-corrected chi connectivity index (χ4v) is 2.81. The van der Waals surface area contributed by atoms with E-state index in [2.05, 4.69) is 15.3 Å². The molecule has 0 aromatic carbocycles. The van der Waals surface area contributed by atoms with E-state index in [9.17, 15) is 15.0 Å². The van der Waals surface area contributed by atoms with Crippen molar-refractivity contribution in [3.05, 3.63) is 0 Å². The van der Waals surface area contributed by atoms with Crippen LogP contribution in [0.3, 0.4) is 0 Å². The number of carbonyl (C=O) groups excluding carboxylic acids is 1. The Morgan fingerprint density at radius 1 is 1.52 bits per heavy atom. The summed E-state index contributed by atoms with van der Waals surface area (Å²) in [6.07, 6.45) is -3.47. The highest BCUT2D eigenvalue weighted by Gasteiger charge is 2.56. The topological polar surface area (TPSA) is 160 Å². The van der Waals surface area contributed by atoms with Crippen LogP contribution in [0.5, 0.6) is 0 Å². The summed E-state index contributed by atoms with van der Waals surface area (Å²) in [4.78, 5) is 21.7. The molecule has 0 aromatic rings. The monoisotopic (exact) mass is 327 g/mol. The van der Waals surface area contributed by atoms with Crippen LogP contribution in [-0.2, 0) is 14.3 Å². The lowest BCUT2D eigenvalue weighted by molar-refractivity contribution is -0.124. The van der Waals surface area contributed by atoms with E-state index in [0.29, 0.717) is 0 Å². The van der Waals surface area contributed by atoms with Gasteiger partial charge in [0.2, 0.25) is 11.5 Å². The molecule has 0 spiro atoms. The molecule has 1 unspecified atom stereocenters. The van der Waals surface area contributed by atoms with Gasteiger partial charge in [-0.2, -0.15) is 4.99 Å². The van der Waals surface area contributed by atoms with Crippen LogP contribution < -0.4 is 5.32 Å². The molecule has 3 aliphatic heterocycles. The zero-order valence-corrected chi connectivity index (χ0v) is 12.2. The summed E-state index contributed by atoms with van der Waals surface area (Å²) in [5.41, 5.74) is -1.48. The zero-order valence-electron chi connectivity index (χ0n) is 12.2. The van der Waals surface area contributed by atoms with Crippen LogP contribution in [0.1, 0.15) is 0 Å². The lowest BCUT2D eigenvalue weighted by Gasteiger charge is -2.33. The smallest absolute Gasteiger partial charge is 0.265 e. The second kappa shape index (κ2) is 5.62. The average Bonchev–Trinajstić information content (AvgIpc) is 3.00. The van der Waals surface area contributed by atoms with Crippen molar-refractivity contribution in [2.24, 2.45) is 9.98 Å². The molecule has 0 aromatic heterocycles. The van der Waals surface area contributed by atoms with E-state index in [1.54, 1.807) is 0 Å². The van der Waals surface area contributed by atoms with Crippen LogP contribution >= 0.6 is 0 Å². The first kappa shape index (κ1) is 16.0. The third-order valence-corrected chi connectivity index (χ3v) is 3.99. The molecular weight excluding hydrogens is 310 g/mol. The van der Waals surface area contributed by atoms with E-state index < -0.39 is 42.6 Å². The summed E-state index contributed by atoms with van der Waals surface area (Å²) in [6, 6.07) is 0. The second-order valence-corrected chi connectivity index (χ2v) is 5.41. The number of nitrogens with zero attached hydrogens (tertiary/aromatic N) is 3. The quantitative estimate of drug-likeness (QED) is 0.360. The van der Waals surface area contributed by atoms with Gasteiger partial charge in [0.15, 0.2) is 12.1 Å². The van der Waals surface area contributed by atoms with Gasteiger partial charge in [-0.15, -0.1) is 0 Å². The molecule has 11 nitrogen and oxygen atoms in total. The molecule has 3 rings (SSSR count). The third kappa shape index (κ3) is 2.24. The van der Waals surface area contributed by atoms with Gasteiger partial charge in [-0.1, -0.05) is 0 Å². The highest BCUT2D eigenvalue weighted by atomic mass is 16.6. The highest BCUT2D eigenvalue weighted by molar-refractivity contribution is 6.27. The molecule has 5 atom stereocenters. The average molecular weight is 327 g/mol. The predicted octanol–water partition coefficient (Wildman–Crippen LogP) is -3.38. The molecule has 0 saturated carbocycles. The van der Waals surface area contributed by atoms with Crippen molar-refractivity contribution in [2.75, 3.05) is 20.3 Å². The normalized spacial score (nSPS) is 39.5. The Kier molecular flexibility index (Phi) is 3.90. The van der Waals surface area contributed by atoms with Gasteiger partial charge in [-0.3, -0.25) is 20.4 Å². The molecule has 5 N–H and O–H groups in total. The standard InChI is InChI=1S/C12H17N5O6/c1-22-3-12-9(15-11(13)16-10(12)21)17(4-14-12)8-7(20)6(19)5(2-18)23-8/h4-8,18-20H,2-3H2,1H3,(H2,13,16,21)/t5-,6-,7-,8-,12?/m1/s1. The summed E-state index contributed by atoms with van der Waals surface area (Å²) >= 11 is 0. The summed E-state index contributed by atoms with van der Waals surface area (Å²) in [5.74, 6) is -0.901. The van der Waals surface area contributed by atoms with Gasteiger partial charge < -0.3 is 24.8 Å². The van der Waals surface area contributed by atoms with Crippen LogP contribution in [0.15, 0.2) is 9.98 Å². The van der Waals surface area contributed by atoms with Crippen LogP contribution in [-0.4, -0.2) is 94.7 Å². The van der Waals surface area contributed by atoms with Crippen molar-refractivity contribution in [3.8, 4) is 0 Å². The van der Waals surface area contributed by atoms with Crippen molar-refractivity contribution >= 4 is 24.0 Å². The fourth-order valence-electron chi connectivity index (χ4n) is 2.81. The van der Waals surface area contributed by atoms with Crippen LogP contribution in [0.25, 0.3) is 0 Å². The van der Waals surface area contributed by atoms with Gasteiger partial charge in [-0.25, -0.2) is 4.99 Å². The Morgan fingerprint density at radius 3 is 2.87 bits per heavy atom. The number of aliphatic imine (C=N–C) groups is 2. The maximum Gasteiger partial charge on any atom is 0.265 e. The number of amides is 1. The number of ether oxygens (including phenoxy) is 2. The number of nitrogens with one attached hydrogen (secondary N) is 2. The van der Waals surface area contributed by atoms with Crippen molar-refractivity contribution in [1.82, 2.24) is 10.2 Å². The summed E-state index contributed by atoms with van der Waals surface area (Å²) in [5, 5.41) is 39.0. The van der Waals surface area contributed by atoms with Crippen LogP contribution in [0, 0.1) is 5.41 Å². The van der Waals surface area contributed by atoms with E-state index in [-0.39, 0.29) is 18.4 Å². The SMILES string of the molecule is COCC12N=CN([C@@H]3O[C@H](CO)[C@@H](O)[C@H]3O)C1=NC(=N)NC2=O. The number of amidine groups is 1. The van der Waals surface area contributed by atoms with Crippen molar-refractivity contribution in [2.45, 2.75) is 30.1 Å². The van der Waals surface area contributed by atoms with E-state index in [1.807, 2.05) is 0 Å². The van der Waals surface area contributed by atoms with Gasteiger partial charge in [0, 0.05) is 7.11 Å². The Hall–Kier alpha value is -1.92. The van der Waals surface area contributed by atoms with Crippen LogP contribution in [0.2, 0.25) is 0 Å². The molecule has 11 heteroatoms. The van der Waals surface area contributed by atoms with Crippen molar-refractivity contribution in [1.29, 1.82) is 5.41 Å². The number of aliphatic hydroxyl groups is 3. The van der Waals surface area contributed by atoms with Gasteiger partial charge in [0.05, 0.1) is 19.6 Å². The largest absolute Gasteiger partial charge is 0.394 e. The molecule has 126 valence electrons. The lowest BCUT2D eigenvalue weighted by atomic mass is 9.97. The molecule has 3 heterocycles. The summed E-state index contributed by atoms with van der Waals surface area (Å²) in [6.45, 7) is -0.599. The Labute approximate surface area is 130 Å². The number of fused-ring (bicyclic) bond motifs is 1. The van der Waals surface area contributed by atoms with Crippen molar-refractivity contribution in [3.63, 3.8) is 0 Å². The molecule has 0 radical (unpaired) electrons. The molecule has 1 amide bonds. The minimum absolute atomic E-state index is 0.0583. The minimum Gasteiger partial charge on any atom is -0.394 e. The Morgan fingerprint density at radius 2 is 2.26 bits per heavy atom. The number of aliphatic hydroxyl groups excluding tert-OH is 3. The zero-order chi connectivity index (χ0) is 16.8. The predicted molar refractivity (Wildman–Crippen MR) is 76.0 cm³/mol. The first-order valence-electron chi connectivity index (χ1n) is 6.89. The summed E-state index contributed by atoms with van der Waals surface area (Å²) < 4.78 is 10.5. The molecule has 0 aliphatic carbocycles. The number of hydrogen-bond donors (Lipinski definition) is 5. The molecule has 1 saturated heterocycles. The Bertz CT molecular complexity index is 594. The third-order valence-electron chi connectivity index (χ3n) is 3.99. The highest BCUT2D eigenvalue weighted by Crippen LogP contribution is 2.31. The molecular formula is C12H17N5O6. The van der Waals surface area contributed by atoms with E-state index >= 15 is 0 Å².